The smallest absolute Gasteiger partial charge is 0.118 e. The molecule has 1 nitrogen and oxygen atoms in total. The van der Waals surface area contributed by atoms with E-state index >= 15 is 0 Å². The average Bonchev–Trinajstić information content (AvgIpc) is 2.62. The van der Waals surface area contributed by atoms with Crippen molar-refractivity contribution in [2.45, 2.75) is 0 Å². The lowest BCUT2D eigenvalue weighted by molar-refractivity contribution is -0.583. The molecule has 102 valence electrons. The first-order valence-corrected chi connectivity index (χ1v) is 6.36. The maximum atomic E-state index is 4.92. The largest absolute Gasteiger partial charge is 0.243 e. The molecule has 1 heteroatoms. The molecule has 0 atom stereocenters. The van der Waals surface area contributed by atoms with Crippen molar-refractivity contribution in [2.24, 2.45) is 0 Å². The highest BCUT2D eigenvalue weighted by Crippen LogP contribution is 1.73. The Morgan fingerprint density at radius 1 is 0.458 bits per heavy atom. The Bertz CT molecular complexity index is 1130. The Hall–Kier alpha value is -4.81. The second-order valence-corrected chi connectivity index (χ2v) is 3.41. The highest BCUT2D eigenvalue weighted by molar-refractivity contribution is 5.46. The summed E-state index contributed by atoms with van der Waals surface area (Å²) >= 11 is 0. The van der Waals surface area contributed by atoms with Crippen LogP contribution in [0, 0.1) is 107 Å². The molecule has 1 aromatic heterocycles. The van der Waals surface area contributed by atoms with Crippen molar-refractivity contribution in [1.82, 2.24) is 0 Å². The Morgan fingerprint density at radius 2 is 0.833 bits per heavy atom. The molecule has 0 aliphatic rings. The first-order chi connectivity index (χ1) is 11.9. The van der Waals surface area contributed by atoms with Crippen LogP contribution in [0.1, 0.15) is 0 Å². The van der Waals surface area contributed by atoms with E-state index in [1.54, 1.807) is 4.57 Å². The molecular weight excluding hydrogens is 290 g/mol. The maximum Gasteiger partial charge on any atom is 0.243 e. The Balaban J connectivity index is 2.46. The first kappa shape index (κ1) is 17.2. The maximum absolute atomic E-state index is 4.92. The predicted molar refractivity (Wildman–Crippen MR) is 93.1 cm³/mol. The number of aromatic nitrogens is 1. The summed E-state index contributed by atoms with van der Waals surface area (Å²) in [5.41, 5.74) is 0. The van der Waals surface area contributed by atoms with Crippen LogP contribution in [0.3, 0.4) is 0 Å². The molecule has 0 aliphatic heterocycles. The van der Waals surface area contributed by atoms with Gasteiger partial charge in [-0.15, -0.1) is 11.0 Å². The van der Waals surface area contributed by atoms with Crippen molar-refractivity contribution in [3.8, 4) is 107 Å². The summed E-state index contributed by atoms with van der Waals surface area (Å²) in [5.74, 6) is 39.8. The van der Waals surface area contributed by atoms with Crippen molar-refractivity contribution in [2.75, 3.05) is 0 Å². The minimum atomic E-state index is 1.70. The third kappa shape index (κ3) is 10.0. The summed E-state index contributed by atoms with van der Waals surface area (Å²) in [4.78, 5) is 0. The summed E-state index contributed by atoms with van der Waals surface area (Å²) in [6.45, 7) is 0. The van der Waals surface area contributed by atoms with E-state index in [1.165, 1.54) is 0 Å². The molecule has 0 aliphatic carbocycles. The lowest BCUT2D eigenvalue weighted by atomic mass is 10.5. The second-order valence-electron chi connectivity index (χ2n) is 3.41. The number of hydrogen-bond acceptors (Lipinski definition) is 0. The Labute approximate surface area is 142 Å². The molecule has 0 unspecified atom stereocenters. The zero-order valence-corrected chi connectivity index (χ0v) is 12.4. The van der Waals surface area contributed by atoms with E-state index in [0.29, 0.717) is 0 Å². The van der Waals surface area contributed by atoms with Gasteiger partial charge in [0.15, 0.2) is 12.4 Å². The van der Waals surface area contributed by atoms with Gasteiger partial charge in [0.05, 0.1) is 5.92 Å². The molecule has 1 heterocycles. The van der Waals surface area contributed by atoms with E-state index in [9.17, 15) is 0 Å². The predicted octanol–water partition coefficient (Wildman–Crippen LogP) is 0.440. The van der Waals surface area contributed by atoms with Crippen molar-refractivity contribution in [1.29, 1.82) is 0 Å². The van der Waals surface area contributed by atoms with Gasteiger partial charge in [-0.1, -0.05) is 6.07 Å². The zero-order chi connectivity index (χ0) is 17.1. The van der Waals surface area contributed by atoms with Gasteiger partial charge < -0.3 is 0 Å². The SMILES string of the molecule is C#CC#CC#CC#CC#CC#CC#CC#CC#C[n+]1ccccc1. The number of rotatable bonds is 0. The van der Waals surface area contributed by atoms with Gasteiger partial charge in [-0.2, -0.15) is 0 Å². The van der Waals surface area contributed by atoms with Gasteiger partial charge in [-0.25, -0.2) is 0 Å². The van der Waals surface area contributed by atoms with Crippen molar-refractivity contribution in [3.63, 3.8) is 0 Å². The molecular formula is C23H6N+. The van der Waals surface area contributed by atoms with Crippen LogP contribution in [0.4, 0.5) is 0 Å². The minimum Gasteiger partial charge on any atom is -0.118 e. The molecule has 1 rings (SSSR count). The molecule has 0 bridgehead atoms. The minimum absolute atomic E-state index is 1.70. The van der Waals surface area contributed by atoms with Crippen molar-refractivity contribution >= 4 is 0 Å². The summed E-state index contributed by atoms with van der Waals surface area (Å²) in [6, 6.07) is 8.48. The van der Waals surface area contributed by atoms with Gasteiger partial charge in [0.25, 0.3) is 0 Å². The van der Waals surface area contributed by atoms with Crippen LogP contribution in [0.15, 0.2) is 30.6 Å². The normalized spacial score (nSPS) is 5.29. The Kier molecular flexibility index (Phi) is 9.47. The molecule has 0 fully saturated rings. The Morgan fingerprint density at radius 3 is 1.25 bits per heavy atom. The summed E-state index contributed by atoms with van der Waals surface area (Å²) < 4.78 is 1.70. The highest BCUT2D eigenvalue weighted by atomic mass is 14.9. The van der Waals surface area contributed by atoms with Crippen LogP contribution in [0.5, 0.6) is 0 Å². The first-order valence-electron chi connectivity index (χ1n) is 6.36. The molecule has 0 saturated heterocycles. The van der Waals surface area contributed by atoms with Crippen LogP contribution < -0.4 is 4.57 Å². The molecule has 0 saturated carbocycles. The summed E-state index contributed by atoms with van der Waals surface area (Å²) in [5, 5.41) is 0. The van der Waals surface area contributed by atoms with Crippen LogP contribution in [-0.2, 0) is 0 Å². The van der Waals surface area contributed by atoms with Gasteiger partial charge in [-0.3, -0.25) is 0 Å². The third-order valence-corrected chi connectivity index (χ3v) is 1.85. The monoisotopic (exact) mass is 296 g/mol. The van der Waals surface area contributed by atoms with E-state index < -0.39 is 0 Å². The molecule has 0 aromatic carbocycles. The van der Waals surface area contributed by atoms with Gasteiger partial charge in [0, 0.05) is 53.6 Å². The molecule has 24 heavy (non-hydrogen) atoms. The van der Waals surface area contributed by atoms with Crippen LogP contribution in [0.25, 0.3) is 0 Å². The lowest BCUT2D eigenvalue weighted by Crippen LogP contribution is -2.25. The van der Waals surface area contributed by atoms with Gasteiger partial charge >= 0.3 is 0 Å². The molecule has 0 N–H and O–H groups in total. The fraction of sp³-hybridized carbons (Fsp3) is 0. The average molecular weight is 296 g/mol. The summed E-state index contributed by atoms with van der Waals surface area (Å²) in [6.07, 6.45) is 8.56. The van der Waals surface area contributed by atoms with E-state index in [1.807, 2.05) is 30.6 Å². The molecule has 0 radical (unpaired) electrons. The van der Waals surface area contributed by atoms with Gasteiger partial charge in [0.1, 0.15) is 0 Å². The lowest BCUT2D eigenvalue weighted by Gasteiger charge is -1.76. The zero-order valence-electron chi connectivity index (χ0n) is 12.4. The molecule has 1 aromatic rings. The number of nitrogens with zero attached hydrogens (tertiary/aromatic N) is 1. The standard InChI is InChI=1S/C23H6N/c1-2-3-4-5-6-7-8-9-10-11-12-13-14-15-16-18-21-24-22-19-17-20-23-24/h1,17,19-20,22-23H/q+1. The fourth-order valence-corrected chi connectivity index (χ4v) is 1.01. The number of hydrogen-bond donors (Lipinski definition) is 0. The quantitative estimate of drug-likeness (QED) is 0.483. The fourth-order valence-electron chi connectivity index (χ4n) is 1.01. The molecule has 0 amide bonds. The van der Waals surface area contributed by atoms with E-state index in [2.05, 4.69) is 101 Å². The number of pyridine rings is 1. The van der Waals surface area contributed by atoms with E-state index in [4.69, 9.17) is 6.42 Å². The van der Waals surface area contributed by atoms with Crippen molar-refractivity contribution in [3.05, 3.63) is 30.6 Å². The van der Waals surface area contributed by atoms with Crippen molar-refractivity contribution < 1.29 is 4.57 Å². The number of terminal acetylenes is 1. The highest BCUT2D eigenvalue weighted by Gasteiger charge is 1.86. The van der Waals surface area contributed by atoms with E-state index in [-0.39, 0.29) is 0 Å². The van der Waals surface area contributed by atoms with Gasteiger partial charge in [0.2, 0.25) is 6.04 Å². The van der Waals surface area contributed by atoms with E-state index in [0.717, 1.165) is 0 Å². The van der Waals surface area contributed by atoms with Gasteiger partial charge in [-0.05, 0) is 47.4 Å². The van der Waals surface area contributed by atoms with Crippen LogP contribution in [-0.4, -0.2) is 0 Å². The van der Waals surface area contributed by atoms with Crippen LogP contribution >= 0.6 is 0 Å². The third-order valence-electron chi connectivity index (χ3n) is 1.85. The second kappa shape index (κ2) is 13.2. The molecule has 0 spiro atoms. The van der Waals surface area contributed by atoms with Crippen LogP contribution in [0.2, 0.25) is 0 Å². The summed E-state index contributed by atoms with van der Waals surface area (Å²) in [7, 11) is 0. The topological polar surface area (TPSA) is 3.88 Å².